The Morgan fingerprint density at radius 2 is 1.57 bits per heavy atom. The summed E-state index contributed by atoms with van der Waals surface area (Å²) in [5, 5.41) is 0. The molecule has 1 aliphatic rings. The zero-order chi connectivity index (χ0) is 26.5. The smallest absolute Gasteiger partial charge is 0.346 e. The molecule has 0 atom stereocenters. The topological polar surface area (TPSA) is 35.5 Å². The molecule has 0 aromatic heterocycles. The van der Waals surface area contributed by atoms with Crippen LogP contribution in [0.25, 0.3) is 11.1 Å². The Morgan fingerprint density at radius 3 is 2.22 bits per heavy atom. The predicted molar refractivity (Wildman–Crippen MR) is 134 cm³/mol. The minimum atomic E-state index is -1.37. The first-order chi connectivity index (χ1) is 17.8. The molecular formula is C30H28F4O3. The van der Waals surface area contributed by atoms with Gasteiger partial charge in [-0.15, -0.1) is 0 Å². The zero-order valence-corrected chi connectivity index (χ0v) is 20.7. The summed E-state index contributed by atoms with van der Waals surface area (Å²) in [6.45, 7) is 3.74. The molecule has 1 fully saturated rings. The van der Waals surface area contributed by atoms with Crippen molar-refractivity contribution in [3.8, 4) is 22.6 Å². The maximum Gasteiger partial charge on any atom is 0.346 e. The molecule has 1 saturated carbocycles. The van der Waals surface area contributed by atoms with Crippen LogP contribution in [-0.4, -0.2) is 12.6 Å². The largest absolute Gasteiger partial charge is 0.491 e. The van der Waals surface area contributed by atoms with Crippen molar-refractivity contribution >= 4 is 5.97 Å². The van der Waals surface area contributed by atoms with Crippen LogP contribution in [0.5, 0.6) is 11.5 Å². The van der Waals surface area contributed by atoms with Gasteiger partial charge in [-0.25, -0.2) is 18.0 Å². The second-order valence-corrected chi connectivity index (χ2v) is 9.05. The third-order valence-electron chi connectivity index (χ3n) is 6.73. The number of rotatable bonds is 7. The first kappa shape index (κ1) is 26.5. The van der Waals surface area contributed by atoms with E-state index in [4.69, 9.17) is 9.47 Å². The van der Waals surface area contributed by atoms with Crippen molar-refractivity contribution in [1.29, 1.82) is 0 Å². The molecule has 0 heterocycles. The second kappa shape index (κ2) is 11.6. The van der Waals surface area contributed by atoms with Crippen LogP contribution in [-0.2, 0) is 0 Å². The van der Waals surface area contributed by atoms with Gasteiger partial charge in [-0.1, -0.05) is 36.4 Å². The summed E-state index contributed by atoms with van der Waals surface area (Å²) in [4.78, 5) is 12.4. The molecule has 0 spiro atoms. The Labute approximate surface area is 213 Å². The van der Waals surface area contributed by atoms with Crippen LogP contribution in [0.1, 0.15) is 61.4 Å². The molecule has 194 valence electrons. The molecule has 3 nitrogen and oxygen atoms in total. The molecule has 0 radical (unpaired) electrons. The van der Waals surface area contributed by atoms with Crippen molar-refractivity contribution < 1.29 is 31.8 Å². The molecular weight excluding hydrogens is 484 g/mol. The maximum atomic E-state index is 15.0. The Kier molecular flexibility index (Phi) is 8.31. The van der Waals surface area contributed by atoms with Crippen LogP contribution in [0.4, 0.5) is 17.6 Å². The first-order valence-electron chi connectivity index (χ1n) is 12.4. The van der Waals surface area contributed by atoms with E-state index in [-0.39, 0.29) is 29.6 Å². The molecule has 7 heteroatoms. The molecule has 0 amide bonds. The average Bonchev–Trinajstić information content (AvgIpc) is 2.90. The monoisotopic (exact) mass is 512 g/mol. The van der Waals surface area contributed by atoms with Crippen LogP contribution in [0, 0.1) is 29.2 Å². The third kappa shape index (κ3) is 5.71. The third-order valence-corrected chi connectivity index (χ3v) is 6.73. The van der Waals surface area contributed by atoms with Crippen LogP contribution in [0.2, 0.25) is 0 Å². The quantitative estimate of drug-likeness (QED) is 0.138. The van der Waals surface area contributed by atoms with Gasteiger partial charge in [-0.2, -0.15) is 4.39 Å². The van der Waals surface area contributed by atoms with Crippen molar-refractivity contribution in [2.24, 2.45) is 5.92 Å². The highest BCUT2D eigenvalue weighted by Gasteiger charge is 2.26. The van der Waals surface area contributed by atoms with E-state index in [2.05, 4.69) is 6.08 Å². The van der Waals surface area contributed by atoms with Gasteiger partial charge in [0.15, 0.2) is 23.2 Å². The van der Waals surface area contributed by atoms with Crippen LogP contribution < -0.4 is 9.47 Å². The van der Waals surface area contributed by atoms with Gasteiger partial charge < -0.3 is 9.47 Å². The number of hydrogen-bond donors (Lipinski definition) is 0. The summed E-state index contributed by atoms with van der Waals surface area (Å²) in [5.41, 5.74) is 0.281. The molecule has 0 unspecified atom stereocenters. The molecule has 3 aromatic rings. The standard InChI is InChI=1S/C30H28F4O3/c1-3-5-18-6-8-19(9-7-18)22-14-15-23(27(32)26(22)31)20-10-12-21(13-11-20)37-30(35)24-16-17-25(36-4-2)29(34)28(24)33/h3,5,10-19H,4,6-9H2,1-2H3. The molecule has 0 N–H and O–H groups in total. The average molecular weight is 513 g/mol. The van der Waals surface area contributed by atoms with Crippen LogP contribution in [0.3, 0.4) is 0 Å². The van der Waals surface area contributed by atoms with Gasteiger partial charge in [0.25, 0.3) is 0 Å². The molecule has 4 rings (SSSR count). The van der Waals surface area contributed by atoms with Gasteiger partial charge in [0.2, 0.25) is 5.82 Å². The number of carbonyl (C=O) groups excluding carboxylic acids is 1. The number of benzene rings is 3. The maximum absolute atomic E-state index is 15.0. The number of allylic oxidation sites excluding steroid dienone is 2. The molecule has 3 aromatic carbocycles. The molecule has 37 heavy (non-hydrogen) atoms. The fourth-order valence-corrected chi connectivity index (χ4v) is 4.82. The van der Waals surface area contributed by atoms with Crippen LogP contribution >= 0.6 is 0 Å². The Morgan fingerprint density at radius 1 is 0.865 bits per heavy atom. The van der Waals surface area contributed by atoms with Gasteiger partial charge in [0.1, 0.15) is 5.75 Å². The number of hydrogen-bond acceptors (Lipinski definition) is 3. The van der Waals surface area contributed by atoms with Crippen molar-refractivity contribution in [2.45, 2.75) is 45.4 Å². The summed E-state index contributed by atoms with van der Waals surface area (Å²) < 4.78 is 68.6. The Hall–Kier alpha value is -3.61. The van der Waals surface area contributed by atoms with Gasteiger partial charge in [-0.05, 0) is 86.8 Å². The highest BCUT2D eigenvalue weighted by Crippen LogP contribution is 2.39. The fraction of sp³-hybridized carbons (Fsp3) is 0.300. The highest BCUT2D eigenvalue weighted by molar-refractivity contribution is 5.91. The van der Waals surface area contributed by atoms with E-state index < -0.39 is 34.8 Å². The second-order valence-electron chi connectivity index (χ2n) is 9.05. The zero-order valence-electron chi connectivity index (χ0n) is 20.7. The summed E-state index contributed by atoms with van der Waals surface area (Å²) in [7, 11) is 0. The van der Waals surface area contributed by atoms with Crippen molar-refractivity contribution in [1.82, 2.24) is 0 Å². The van der Waals surface area contributed by atoms with Crippen molar-refractivity contribution in [3.63, 3.8) is 0 Å². The highest BCUT2D eigenvalue weighted by atomic mass is 19.2. The van der Waals surface area contributed by atoms with Crippen LogP contribution in [0.15, 0.2) is 60.7 Å². The minimum Gasteiger partial charge on any atom is -0.491 e. The Bertz CT molecular complexity index is 1290. The lowest BCUT2D eigenvalue weighted by molar-refractivity contribution is 0.0728. The van der Waals surface area contributed by atoms with Crippen molar-refractivity contribution in [3.05, 3.63) is 95.1 Å². The molecule has 1 aliphatic carbocycles. The fourth-order valence-electron chi connectivity index (χ4n) is 4.82. The van der Waals surface area contributed by atoms with Gasteiger partial charge in [-0.3, -0.25) is 0 Å². The summed E-state index contributed by atoms with van der Waals surface area (Å²) in [6, 6.07) is 11.1. The molecule has 0 saturated heterocycles. The van der Waals surface area contributed by atoms with E-state index in [1.54, 1.807) is 19.1 Å². The number of carbonyl (C=O) groups is 1. The minimum absolute atomic E-state index is 0.0142. The number of ether oxygens (including phenoxy) is 2. The molecule has 0 aliphatic heterocycles. The van der Waals surface area contributed by atoms with Gasteiger partial charge in [0, 0.05) is 5.56 Å². The number of halogens is 4. The van der Waals surface area contributed by atoms with Crippen molar-refractivity contribution in [2.75, 3.05) is 6.61 Å². The first-order valence-corrected chi connectivity index (χ1v) is 12.4. The summed E-state index contributed by atoms with van der Waals surface area (Å²) in [5.74, 6) is -5.30. The van der Waals surface area contributed by atoms with Gasteiger partial charge >= 0.3 is 5.97 Å². The van der Waals surface area contributed by atoms with E-state index >= 15 is 8.78 Å². The normalized spacial score (nSPS) is 17.7. The lowest BCUT2D eigenvalue weighted by atomic mass is 9.78. The predicted octanol–water partition coefficient (Wildman–Crippen LogP) is 8.38. The SMILES string of the molecule is CC=CC1CCC(c2ccc(-c3ccc(OC(=O)c4ccc(OCC)c(F)c4F)cc3)c(F)c2F)CC1. The van der Waals surface area contributed by atoms with E-state index in [0.717, 1.165) is 37.8 Å². The van der Waals surface area contributed by atoms with Gasteiger partial charge in [0.05, 0.1) is 12.2 Å². The summed E-state index contributed by atoms with van der Waals surface area (Å²) in [6.07, 6.45) is 7.72. The number of esters is 1. The van der Waals surface area contributed by atoms with E-state index in [1.807, 2.05) is 13.0 Å². The van der Waals surface area contributed by atoms with E-state index in [1.165, 1.54) is 24.3 Å². The Balaban J connectivity index is 1.47. The summed E-state index contributed by atoms with van der Waals surface area (Å²) >= 11 is 0. The van der Waals surface area contributed by atoms with E-state index in [0.29, 0.717) is 17.0 Å². The lowest BCUT2D eigenvalue weighted by Crippen LogP contribution is -2.13. The molecule has 0 bridgehead atoms. The lowest BCUT2D eigenvalue weighted by Gasteiger charge is -2.27. The van der Waals surface area contributed by atoms with E-state index in [9.17, 15) is 13.6 Å².